The zero-order valence-corrected chi connectivity index (χ0v) is 21.3. The minimum atomic E-state index is -3.50. The van der Waals surface area contributed by atoms with Crippen molar-refractivity contribution in [3.63, 3.8) is 0 Å². The SMILES string of the molecule is CCOP(=O)(CN(CC(C)C)C(=O)N1Cc2ccc(Br)cc2CC1C(=O)OC)OCC. The normalized spacial score (nSPS) is 16.2. The van der Waals surface area contributed by atoms with Crippen LogP contribution in [-0.2, 0) is 36.1 Å². The number of ether oxygens (including phenoxy) is 1. The molecule has 0 radical (unpaired) electrons. The molecule has 0 saturated carbocycles. The van der Waals surface area contributed by atoms with E-state index in [1.54, 1.807) is 13.8 Å². The monoisotopic (exact) mass is 518 g/mol. The second-order valence-corrected chi connectivity index (χ2v) is 10.7. The van der Waals surface area contributed by atoms with Gasteiger partial charge in [0, 0.05) is 24.0 Å². The predicted octanol–water partition coefficient (Wildman–Crippen LogP) is 4.65. The summed E-state index contributed by atoms with van der Waals surface area (Å²) in [5.74, 6) is -0.369. The number of carbonyl (C=O) groups is 2. The Morgan fingerprint density at radius 1 is 1.23 bits per heavy atom. The zero-order chi connectivity index (χ0) is 23.2. The fourth-order valence-electron chi connectivity index (χ4n) is 3.64. The van der Waals surface area contributed by atoms with E-state index in [9.17, 15) is 14.2 Å². The number of fused-ring (bicyclic) bond motifs is 1. The first-order chi connectivity index (χ1) is 14.6. The number of halogens is 1. The maximum Gasteiger partial charge on any atom is 0.349 e. The van der Waals surface area contributed by atoms with Crippen LogP contribution < -0.4 is 0 Å². The minimum Gasteiger partial charge on any atom is -0.467 e. The standard InChI is InChI=1S/C21H32BrN2O6P/c1-6-29-31(27,30-7-2)14-23(12-15(3)4)21(26)24-13-16-8-9-18(22)10-17(16)11-19(24)20(25)28-5/h8-10,15,19H,6-7,11-14H2,1-5H3. The number of hydrogen-bond acceptors (Lipinski definition) is 6. The highest BCUT2D eigenvalue weighted by Crippen LogP contribution is 2.48. The Balaban J connectivity index is 2.38. The molecular formula is C21H32BrN2O6P. The molecule has 0 fully saturated rings. The highest BCUT2D eigenvalue weighted by molar-refractivity contribution is 9.10. The first-order valence-corrected chi connectivity index (χ1v) is 12.9. The van der Waals surface area contributed by atoms with E-state index >= 15 is 0 Å². The molecule has 0 spiro atoms. The summed E-state index contributed by atoms with van der Waals surface area (Å²) in [6.45, 7) is 8.40. The number of amides is 2. The summed E-state index contributed by atoms with van der Waals surface area (Å²) < 4.78 is 29.9. The largest absolute Gasteiger partial charge is 0.467 e. The van der Waals surface area contributed by atoms with Gasteiger partial charge >= 0.3 is 19.6 Å². The quantitative estimate of drug-likeness (QED) is 0.349. The molecule has 1 aromatic carbocycles. The van der Waals surface area contributed by atoms with Crippen LogP contribution in [0.3, 0.4) is 0 Å². The number of benzene rings is 1. The second kappa shape index (κ2) is 11.5. The Hall–Kier alpha value is -1.41. The molecule has 8 nitrogen and oxygen atoms in total. The van der Waals surface area contributed by atoms with Gasteiger partial charge in [-0.25, -0.2) is 9.59 Å². The van der Waals surface area contributed by atoms with Crippen molar-refractivity contribution in [2.24, 2.45) is 5.92 Å². The lowest BCUT2D eigenvalue weighted by Crippen LogP contribution is -2.54. The van der Waals surface area contributed by atoms with Crippen molar-refractivity contribution in [3.8, 4) is 0 Å². The molecule has 1 atom stereocenters. The molecule has 2 amide bonds. The molecule has 1 heterocycles. The Kier molecular flexibility index (Phi) is 9.55. The molecule has 1 aliphatic rings. The summed E-state index contributed by atoms with van der Waals surface area (Å²) in [6, 6.07) is 4.64. The smallest absolute Gasteiger partial charge is 0.349 e. The van der Waals surface area contributed by atoms with E-state index < -0.39 is 25.6 Å². The topological polar surface area (TPSA) is 85.4 Å². The van der Waals surface area contributed by atoms with E-state index in [4.69, 9.17) is 13.8 Å². The molecule has 2 rings (SSSR count). The Bertz CT molecular complexity index is 824. The molecule has 1 aromatic rings. The van der Waals surface area contributed by atoms with Gasteiger partial charge in [-0.1, -0.05) is 35.8 Å². The van der Waals surface area contributed by atoms with Crippen LogP contribution in [0.1, 0.15) is 38.8 Å². The molecule has 1 unspecified atom stereocenters. The van der Waals surface area contributed by atoms with Crippen molar-refractivity contribution in [1.29, 1.82) is 0 Å². The second-order valence-electron chi connectivity index (χ2n) is 7.77. The summed E-state index contributed by atoms with van der Waals surface area (Å²) in [5.41, 5.74) is 1.94. The number of hydrogen-bond donors (Lipinski definition) is 0. The van der Waals surface area contributed by atoms with Crippen molar-refractivity contribution in [2.75, 3.05) is 33.2 Å². The van der Waals surface area contributed by atoms with E-state index in [0.29, 0.717) is 13.0 Å². The number of esters is 1. The lowest BCUT2D eigenvalue weighted by molar-refractivity contribution is -0.146. The number of urea groups is 1. The van der Waals surface area contributed by atoms with Crippen molar-refractivity contribution in [3.05, 3.63) is 33.8 Å². The predicted molar refractivity (Wildman–Crippen MR) is 122 cm³/mol. The van der Waals surface area contributed by atoms with Crippen molar-refractivity contribution >= 4 is 35.5 Å². The van der Waals surface area contributed by atoms with E-state index in [1.807, 2.05) is 32.0 Å². The van der Waals surface area contributed by atoms with Crippen LogP contribution >= 0.6 is 23.5 Å². The molecule has 1 aliphatic heterocycles. The van der Waals surface area contributed by atoms with Gasteiger partial charge in [0.15, 0.2) is 0 Å². The van der Waals surface area contributed by atoms with Crippen LogP contribution in [0.25, 0.3) is 0 Å². The molecule has 174 valence electrons. The Morgan fingerprint density at radius 3 is 2.42 bits per heavy atom. The average molecular weight is 519 g/mol. The average Bonchev–Trinajstić information content (AvgIpc) is 2.71. The summed E-state index contributed by atoms with van der Waals surface area (Å²) in [7, 11) is -2.19. The van der Waals surface area contributed by atoms with Crippen molar-refractivity contribution < 1.29 is 27.9 Å². The molecule has 0 aliphatic carbocycles. The molecule has 0 saturated heterocycles. The fraction of sp³-hybridized carbons (Fsp3) is 0.619. The maximum absolute atomic E-state index is 13.6. The summed E-state index contributed by atoms with van der Waals surface area (Å²) in [6.07, 6.45) is 0.167. The third kappa shape index (κ3) is 6.78. The lowest BCUT2D eigenvalue weighted by atomic mass is 9.94. The molecule has 0 bridgehead atoms. The van der Waals surface area contributed by atoms with Crippen molar-refractivity contribution in [2.45, 2.75) is 46.7 Å². The molecule has 0 aromatic heterocycles. The summed E-state index contributed by atoms with van der Waals surface area (Å²) in [5, 5.41) is 0. The third-order valence-corrected chi connectivity index (χ3v) is 7.35. The van der Waals surface area contributed by atoms with E-state index in [-0.39, 0.29) is 32.0 Å². The van der Waals surface area contributed by atoms with Crippen LogP contribution in [-0.4, -0.2) is 61.0 Å². The number of carbonyl (C=O) groups excluding carboxylic acids is 2. The molecule has 0 N–H and O–H groups in total. The van der Waals surface area contributed by atoms with Gasteiger partial charge in [0.1, 0.15) is 12.3 Å². The lowest BCUT2D eigenvalue weighted by Gasteiger charge is -2.39. The van der Waals surface area contributed by atoms with Gasteiger partial charge in [0.05, 0.1) is 20.3 Å². The van der Waals surface area contributed by atoms with Crippen LogP contribution in [0.4, 0.5) is 4.79 Å². The van der Waals surface area contributed by atoms with Gasteiger partial charge in [0.2, 0.25) is 0 Å². The van der Waals surface area contributed by atoms with Crippen molar-refractivity contribution in [1.82, 2.24) is 9.80 Å². The third-order valence-electron chi connectivity index (χ3n) is 4.87. The van der Waals surface area contributed by atoms with Crippen LogP contribution in [0, 0.1) is 5.92 Å². The van der Waals surface area contributed by atoms with Gasteiger partial charge in [0.25, 0.3) is 0 Å². The summed E-state index contributed by atoms with van der Waals surface area (Å²) >= 11 is 3.46. The Morgan fingerprint density at radius 2 is 1.87 bits per heavy atom. The summed E-state index contributed by atoms with van der Waals surface area (Å²) in [4.78, 5) is 29.2. The number of rotatable bonds is 9. The fourth-order valence-corrected chi connectivity index (χ4v) is 5.73. The van der Waals surface area contributed by atoms with Gasteiger partial charge in [-0.15, -0.1) is 0 Å². The van der Waals surface area contributed by atoms with Crippen LogP contribution in [0.2, 0.25) is 0 Å². The Labute approximate surface area is 192 Å². The van der Waals surface area contributed by atoms with Gasteiger partial charge < -0.3 is 23.6 Å². The van der Waals surface area contributed by atoms with E-state index in [0.717, 1.165) is 15.6 Å². The highest BCUT2D eigenvalue weighted by Gasteiger charge is 2.40. The first kappa shape index (κ1) is 25.8. The zero-order valence-electron chi connectivity index (χ0n) is 18.8. The maximum atomic E-state index is 13.6. The van der Waals surface area contributed by atoms with Gasteiger partial charge in [-0.2, -0.15) is 0 Å². The number of methoxy groups -OCH3 is 1. The molecule has 10 heteroatoms. The molecular weight excluding hydrogens is 487 g/mol. The van der Waals surface area contributed by atoms with Crippen LogP contribution in [0.15, 0.2) is 22.7 Å². The van der Waals surface area contributed by atoms with E-state index in [2.05, 4.69) is 15.9 Å². The van der Waals surface area contributed by atoms with E-state index in [1.165, 1.54) is 16.9 Å². The number of nitrogens with zero attached hydrogens (tertiary/aromatic N) is 2. The van der Waals surface area contributed by atoms with Gasteiger partial charge in [-0.3, -0.25) is 4.57 Å². The van der Waals surface area contributed by atoms with Gasteiger partial charge in [-0.05, 0) is 43.0 Å². The highest BCUT2D eigenvalue weighted by atomic mass is 79.9. The molecule has 31 heavy (non-hydrogen) atoms. The first-order valence-electron chi connectivity index (χ1n) is 10.4. The minimum absolute atomic E-state index is 0.116. The van der Waals surface area contributed by atoms with Crippen LogP contribution in [0.5, 0.6) is 0 Å².